The van der Waals surface area contributed by atoms with Crippen molar-refractivity contribution in [1.82, 2.24) is 4.31 Å². The second kappa shape index (κ2) is 7.75. The van der Waals surface area contributed by atoms with Crippen LogP contribution in [0, 0.1) is 5.92 Å². The van der Waals surface area contributed by atoms with Gasteiger partial charge in [-0.15, -0.1) is 0 Å². The van der Waals surface area contributed by atoms with Crippen LogP contribution >= 0.6 is 11.6 Å². The molecule has 0 radical (unpaired) electrons. The molecule has 1 amide bonds. The van der Waals surface area contributed by atoms with Gasteiger partial charge in [0.25, 0.3) is 0 Å². The summed E-state index contributed by atoms with van der Waals surface area (Å²) in [4.78, 5) is 17.1. The van der Waals surface area contributed by atoms with Crippen LogP contribution in [-0.4, -0.2) is 51.4 Å². The van der Waals surface area contributed by atoms with Gasteiger partial charge in [-0.3, -0.25) is 4.79 Å². The summed E-state index contributed by atoms with van der Waals surface area (Å²) >= 11 is 5.98. The van der Waals surface area contributed by atoms with E-state index in [2.05, 4.69) is 18.7 Å². The molecule has 5 rings (SSSR count). The Morgan fingerprint density at radius 3 is 2.28 bits per heavy atom. The van der Waals surface area contributed by atoms with Crippen LogP contribution in [-0.2, 0) is 20.2 Å². The lowest BCUT2D eigenvalue weighted by atomic mass is 9.87. The number of hydrogen-bond acceptors (Lipinski definition) is 4. The first-order valence-corrected chi connectivity index (χ1v) is 13.0. The van der Waals surface area contributed by atoms with Gasteiger partial charge < -0.3 is 9.80 Å². The van der Waals surface area contributed by atoms with E-state index >= 15 is 0 Å². The number of sulfonamides is 1. The van der Waals surface area contributed by atoms with Gasteiger partial charge in [-0.1, -0.05) is 25.4 Å². The van der Waals surface area contributed by atoms with Gasteiger partial charge in [-0.25, -0.2) is 8.42 Å². The summed E-state index contributed by atoms with van der Waals surface area (Å²) in [7, 11) is -3.61. The van der Waals surface area contributed by atoms with Gasteiger partial charge in [0.15, 0.2) is 0 Å². The van der Waals surface area contributed by atoms with E-state index in [0.29, 0.717) is 42.6 Å². The standard InChI is InChI=1S/C24H28ClN3O3S/c1-24(2)16-28(23(29)17-3-4-17)22-10-9-20(15-21(22)24)32(30,31)27-13-11-26(12-14-27)19-7-5-18(25)6-8-19/h5-10,15,17H,3-4,11-14,16H2,1-2H3. The van der Waals surface area contributed by atoms with Crippen molar-refractivity contribution in [2.75, 3.05) is 42.5 Å². The topological polar surface area (TPSA) is 60.9 Å². The number of benzene rings is 2. The Bertz CT molecular complexity index is 1150. The van der Waals surface area contributed by atoms with Gasteiger partial charge in [0.05, 0.1) is 4.90 Å². The number of amides is 1. The van der Waals surface area contributed by atoms with Gasteiger partial charge in [0.2, 0.25) is 15.9 Å². The minimum absolute atomic E-state index is 0.136. The van der Waals surface area contributed by atoms with Crippen LogP contribution in [0.25, 0.3) is 0 Å². The maximum Gasteiger partial charge on any atom is 0.243 e. The molecule has 0 N–H and O–H groups in total. The van der Waals surface area contributed by atoms with Crippen molar-refractivity contribution in [3.63, 3.8) is 0 Å². The SMILES string of the molecule is CC1(C)CN(C(=O)C2CC2)c2ccc(S(=O)(=O)N3CCN(c4ccc(Cl)cc4)CC3)cc21. The van der Waals surface area contributed by atoms with Crippen molar-refractivity contribution in [1.29, 1.82) is 0 Å². The highest BCUT2D eigenvalue weighted by Gasteiger charge is 2.43. The molecule has 0 unspecified atom stereocenters. The van der Waals surface area contributed by atoms with Crippen LogP contribution in [0.1, 0.15) is 32.3 Å². The molecule has 2 heterocycles. The third-order valence-electron chi connectivity index (χ3n) is 6.80. The molecule has 1 saturated heterocycles. The largest absolute Gasteiger partial charge is 0.369 e. The predicted octanol–water partition coefficient (Wildman–Crippen LogP) is 3.89. The van der Waals surface area contributed by atoms with E-state index in [0.717, 1.165) is 29.8 Å². The zero-order valence-corrected chi connectivity index (χ0v) is 20.0. The molecule has 0 bridgehead atoms. The van der Waals surface area contributed by atoms with Crippen molar-refractivity contribution in [2.45, 2.75) is 37.0 Å². The maximum atomic E-state index is 13.4. The highest BCUT2D eigenvalue weighted by Crippen LogP contribution is 2.44. The molecule has 2 aromatic rings. The lowest BCUT2D eigenvalue weighted by molar-refractivity contribution is -0.119. The molecule has 0 spiro atoms. The summed E-state index contributed by atoms with van der Waals surface area (Å²) in [6.45, 7) is 6.86. The average molecular weight is 474 g/mol. The molecule has 2 aliphatic heterocycles. The third-order valence-corrected chi connectivity index (χ3v) is 8.95. The molecular formula is C24H28ClN3O3S. The maximum absolute atomic E-state index is 13.4. The number of piperazine rings is 1. The Hall–Kier alpha value is -2.09. The number of carbonyl (C=O) groups is 1. The normalized spacial score (nSPS) is 21.0. The average Bonchev–Trinajstić information content (AvgIpc) is 3.59. The fraction of sp³-hybridized carbons (Fsp3) is 0.458. The molecule has 3 aliphatic rings. The highest BCUT2D eigenvalue weighted by atomic mass is 35.5. The molecule has 1 aliphatic carbocycles. The fourth-order valence-corrected chi connectivity index (χ4v) is 6.33. The lowest BCUT2D eigenvalue weighted by Gasteiger charge is -2.35. The van der Waals surface area contributed by atoms with E-state index in [1.54, 1.807) is 16.4 Å². The number of nitrogens with zero attached hydrogens (tertiary/aromatic N) is 3. The van der Waals surface area contributed by atoms with E-state index < -0.39 is 10.0 Å². The first-order valence-electron chi connectivity index (χ1n) is 11.1. The first kappa shape index (κ1) is 21.7. The summed E-state index contributed by atoms with van der Waals surface area (Å²) in [6, 6.07) is 12.9. The Balaban J connectivity index is 1.36. The zero-order chi connectivity index (χ0) is 22.7. The Labute approximate surface area is 194 Å². The van der Waals surface area contributed by atoms with Crippen LogP contribution < -0.4 is 9.80 Å². The van der Waals surface area contributed by atoms with Gasteiger partial charge in [0.1, 0.15) is 0 Å². The van der Waals surface area contributed by atoms with Crippen molar-refractivity contribution in [3.8, 4) is 0 Å². The van der Waals surface area contributed by atoms with Crippen molar-refractivity contribution >= 4 is 38.9 Å². The van der Waals surface area contributed by atoms with Gasteiger partial charge in [-0.2, -0.15) is 4.31 Å². The number of hydrogen-bond donors (Lipinski definition) is 0. The van der Waals surface area contributed by atoms with Crippen molar-refractivity contribution in [3.05, 3.63) is 53.1 Å². The second-order valence-corrected chi connectivity index (χ2v) is 12.0. The summed E-state index contributed by atoms with van der Waals surface area (Å²) in [5, 5.41) is 0.687. The smallest absolute Gasteiger partial charge is 0.243 e. The summed E-state index contributed by atoms with van der Waals surface area (Å²) in [5.41, 5.74) is 2.57. The fourth-order valence-electron chi connectivity index (χ4n) is 4.75. The quantitative estimate of drug-likeness (QED) is 0.676. The Morgan fingerprint density at radius 1 is 1.00 bits per heavy atom. The first-order chi connectivity index (χ1) is 15.2. The Morgan fingerprint density at radius 2 is 1.66 bits per heavy atom. The molecule has 0 atom stereocenters. The van der Waals surface area contributed by atoms with Gasteiger partial charge >= 0.3 is 0 Å². The van der Waals surface area contributed by atoms with E-state index in [-0.39, 0.29) is 17.2 Å². The molecule has 8 heteroatoms. The molecule has 32 heavy (non-hydrogen) atoms. The zero-order valence-electron chi connectivity index (χ0n) is 18.4. The molecule has 1 saturated carbocycles. The summed E-state index contributed by atoms with van der Waals surface area (Å²) < 4.78 is 28.4. The molecule has 6 nitrogen and oxygen atoms in total. The van der Waals surface area contributed by atoms with E-state index in [1.165, 1.54) is 0 Å². The minimum Gasteiger partial charge on any atom is -0.369 e. The van der Waals surface area contributed by atoms with E-state index in [1.807, 2.05) is 35.2 Å². The monoisotopic (exact) mass is 473 g/mol. The highest BCUT2D eigenvalue weighted by molar-refractivity contribution is 7.89. The summed E-state index contributed by atoms with van der Waals surface area (Å²) in [6.07, 6.45) is 1.92. The molecule has 0 aromatic heterocycles. The van der Waals surface area contributed by atoms with E-state index in [9.17, 15) is 13.2 Å². The third kappa shape index (κ3) is 3.80. The van der Waals surface area contributed by atoms with Crippen LogP contribution in [0.3, 0.4) is 0 Å². The lowest BCUT2D eigenvalue weighted by Crippen LogP contribution is -2.48. The predicted molar refractivity (Wildman–Crippen MR) is 127 cm³/mol. The number of fused-ring (bicyclic) bond motifs is 1. The second-order valence-electron chi connectivity index (χ2n) is 9.63. The molecular weight excluding hydrogens is 446 g/mol. The Kier molecular flexibility index (Phi) is 5.26. The van der Waals surface area contributed by atoms with Crippen LogP contribution in [0.5, 0.6) is 0 Å². The van der Waals surface area contributed by atoms with E-state index in [4.69, 9.17) is 11.6 Å². The molecule has 2 aromatic carbocycles. The van der Waals surface area contributed by atoms with Gasteiger partial charge in [0, 0.05) is 60.5 Å². The van der Waals surface area contributed by atoms with Crippen LogP contribution in [0.15, 0.2) is 47.4 Å². The number of carbonyl (C=O) groups excluding carboxylic acids is 1. The van der Waals surface area contributed by atoms with Crippen molar-refractivity contribution in [2.24, 2.45) is 5.92 Å². The molecule has 2 fully saturated rings. The summed E-state index contributed by atoms with van der Waals surface area (Å²) in [5.74, 6) is 0.308. The number of anilines is 2. The van der Waals surface area contributed by atoms with Crippen LogP contribution in [0.4, 0.5) is 11.4 Å². The van der Waals surface area contributed by atoms with Crippen molar-refractivity contribution < 1.29 is 13.2 Å². The minimum atomic E-state index is -3.61. The molecule has 170 valence electrons. The number of rotatable bonds is 4. The van der Waals surface area contributed by atoms with Crippen LogP contribution in [0.2, 0.25) is 5.02 Å². The number of halogens is 1. The van der Waals surface area contributed by atoms with Gasteiger partial charge in [-0.05, 0) is 60.9 Å².